The molecule has 0 aromatic carbocycles. The first kappa shape index (κ1) is 14.9. The largest absolute Gasteiger partial charge is 0.481 e. The lowest BCUT2D eigenvalue weighted by Crippen LogP contribution is -2.38. The molecule has 1 amide bonds. The van der Waals surface area contributed by atoms with Crippen LogP contribution in [0.4, 0.5) is 0 Å². The molecule has 1 heterocycles. The Morgan fingerprint density at radius 2 is 2.22 bits per heavy atom. The third-order valence-corrected chi connectivity index (χ3v) is 3.84. The zero-order valence-electron chi connectivity index (χ0n) is 11.0. The zero-order chi connectivity index (χ0) is 13.8. The maximum atomic E-state index is 12.0. The molecule has 0 aromatic rings. The van der Waals surface area contributed by atoms with Crippen LogP contribution in [-0.4, -0.2) is 54.7 Å². The molecule has 104 valence electrons. The molecule has 0 aromatic heterocycles. The quantitative estimate of drug-likeness (QED) is 0.703. The van der Waals surface area contributed by atoms with Gasteiger partial charge in [0.2, 0.25) is 5.91 Å². The number of methoxy groups -OCH3 is 1. The van der Waals surface area contributed by atoms with Crippen LogP contribution in [0.5, 0.6) is 0 Å². The van der Waals surface area contributed by atoms with Crippen LogP contribution in [0, 0.1) is 5.41 Å². The van der Waals surface area contributed by atoms with E-state index in [0.717, 1.165) is 0 Å². The lowest BCUT2D eigenvalue weighted by molar-refractivity contribution is -0.148. The Morgan fingerprint density at radius 3 is 2.61 bits per heavy atom. The highest BCUT2D eigenvalue weighted by molar-refractivity contribution is 5.81. The molecule has 1 rings (SSSR count). The third kappa shape index (κ3) is 3.00. The van der Waals surface area contributed by atoms with Crippen LogP contribution in [0.2, 0.25) is 0 Å². The minimum Gasteiger partial charge on any atom is -0.481 e. The molecule has 1 saturated heterocycles. The number of hydrogen-bond donors (Lipinski definition) is 2. The molecule has 2 atom stereocenters. The van der Waals surface area contributed by atoms with Crippen molar-refractivity contribution >= 4 is 11.9 Å². The number of rotatable bonds is 6. The van der Waals surface area contributed by atoms with Gasteiger partial charge in [-0.05, 0) is 12.8 Å². The second kappa shape index (κ2) is 6.15. The van der Waals surface area contributed by atoms with Crippen molar-refractivity contribution in [3.8, 4) is 0 Å². The summed E-state index contributed by atoms with van der Waals surface area (Å²) in [5, 5.41) is 9.25. The van der Waals surface area contributed by atoms with Crippen LogP contribution in [-0.2, 0) is 14.3 Å². The van der Waals surface area contributed by atoms with Crippen LogP contribution in [0.1, 0.15) is 26.2 Å². The molecular formula is C12H22N2O4. The fourth-order valence-electron chi connectivity index (χ4n) is 2.29. The highest BCUT2D eigenvalue weighted by Crippen LogP contribution is 2.34. The van der Waals surface area contributed by atoms with E-state index in [1.54, 1.807) is 4.90 Å². The van der Waals surface area contributed by atoms with E-state index in [9.17, 15) is 14.7 Å². The number of ether oxygens (including phenoxy) is 1. The molecule has 1 aliphatic rings. The summed E-state index contributed by atoms with van der Waals surface area (Å²) < 4.78 is 5.07. The highest BCUT2D eigenvalue weighted by Gasteiger charge is 2.44. The van der Waals surface area contributed by atoms with Gasteiger partial charge in [-0.15, -0.1) is 0 Å². The topological polar surface area (TPSA) is 92.9 Å². The Labute approximate surface area is 107 Å². The maximum absolute atomic E-state index is 12.0. The predicted octanol–water partition coefficient (Wildman–Crippen LogP) is 0.0635. The molecule has 3 N–H and O–H groups in total. The smallest absolute Gasteiger partial charge is 0.311 e. The zero-order valence-corrected chi connectivity index (χ0v) is 11.0. The van der Waals surface area contributed by atoms with E-state index in [4.69, 9.17) is 10.5 Å². The number of likely N-dealkylation sites (tertiary alicyclic amines) is 1. The summed E-state index contributed by atoms with van der Waals surface area (Å²) in [6.45, 7) is 2.92. The van der Waals surface area contributed by atoms with E-state index >= 15 is 0 Å². The Hall–Kier alpha value is -1.14. The summed E-state index contributed by atoms with van der Waals surface area (Å²) in [5.41, 5.74) is 4.69. The Kier molecular flexibility index (Phi) is 5.10. The minimum absolute atomic E-state index is 0.0797. The fraction of sp³-hybridized carbons (Fsp3) is 0.833. The van der Waals surface area contributed by atoms with Gasteiger partial charge >= 0.3 is 5.97 Å². The summed E-state index contributed by atoms with van der Waals surface area (Å²) in [5.74, 6) is -0.897. The van der Waals surface area contributed by atoms with Crippen LogP contribution in [0.3, 0.4) is 0 Å². The number of nitrogens with zero attached hydrogens (tertiary/aromatic N) is 1. The van der Waals surface area contributed by atoms with E-state index in [1.807, 2.05) is 6.92 Å². The van der Waals surface area contributed by atoms with E-state index in [1.165, 1.54) is 7.11 Å². The van der Waals surface area contributed by atoms with Crippen molar-refractivity contribution in [3.05, 3.63) is 0 Å². The van der Waals surface area contributed by atoms with Gasteiger partial charge in [-0.2, -0.15) is 0 Å². The van der Waals surface area contributed by atoms with Gasteiger partial charge in [-0.1, -0.05) is 6.92 Å². The average Bonchev–Trinajstić information content (AvgIpc) is 2.81. The van der Waals surface area contributed by atoms with Gasteiger partial charge in [0.15, 0.2) is 0 Å². The number of carboxylic acids is 1. The summed E-state index contributed by atoms with van der Waals surface area (Å²) in [7, 11) is 1.52. The van der Waals surface area contributed by atoms with Gasteiger partial charge in [-0.3, -0.25) is 9.59 Å². The van der Waals surface area contributed by atoms with Crippen molar-refractivity contribution in [2.45, 2.75) is 32.3 Å². The van der Waals surface area contributed by atoms with Crippen LogP contribution in [0.15, 0.2) is 0 Å². The molecule has 1 aliphatic heterocycles. The van der Waals surface area contributed by atoms with E-state index in [-0.39, 0.29) is 25.0 Å². The van der Waals surface area contributed by atoms with E-state index < -0.39 is 11.4 Å². The third-order valence-electron chi connectivity index (χ3n) is 3.84. The second-order valence-corrected chi connectivity index (χ2v) is 4.80. The SMILES string of the molecule is CCC1(C(=O)O)CCN(C(=O)CC(CN)OC)C1. The summed E-state index contributed by atoms with van der Waals surface area (Å²) in [6.07, 6.45) is 0.979. The normalized spacial score (nSPS) is 25.2. The van der Waals surface area contributed by atoms with Gasteiger partial charge < -0.3 is 20.5 Å². The molecule has 0 spiro atoms. The number of carboxylic acid groups (broad SMARTS) is 1. The number of carbonyl (C=O) groups excluding carboxylic acids is 1. The number of amides is 1. The summed E-state index contributed by atoms with van der Waals surface area (Å²) >= 11 is 0. The average molecular weight is 258 g/mol. The molecule has 2 unspecified atom stereocenters. The fourth-order valence-corrected chi connectivity index (χ4v) is 2.29. The Balaban J connectivity index is 2.60. The van der Waals surface area contributed by atoms with E-state index in [2.05, 4.69) is 0 Å². The minimum atomic E-state index is -0.817. The molecule has 1 fully saturated rings. The first-order valence-corrected chi connectivity index (χ1v) is 6.23. The lowest BCUT2D eigenvalue weighted by atomic mass is 9.84. The summed E-state index contributed by atoms with van der Waals surface area (Å²) in [4.78, 5) is 24.9. The standard InChI is InChI=1S/C12H22N2O4/c1-3-12(11(16)17)4-5-14(8-12)10(15)6-9(7-13)18-2/h9H,3-8,13H2,1-2H3,(H,16,17). The Bertz CT molecular complexity index is 317. The van der Waals surface area contributed by atoms with Crippen molar-refractivity contribution in [1.82, 2.24) is 4.90 Å². The van der Waals surface area contributed by atoms with Crippen molar-refractivity contribution < 1.29 is 19.4 Å². The van der Waals surface area contributed by atoms with Crippen molar-refractivity contribution in [1.29, 1.82) is 0 Å². The molecule has 0 radical (unpaired) electrons. The van der Waals surface area contributed by atoms with E-state index in [0.29, 0.717) is 25.9 Å². The van der Waals surface area contributed by atoms with Crippen LogP contribution in [0.25, 0.3) is 0 Å². The lowest BCUT2D eigenvalue weighted by Gasteiger charge is -2.24. The highest BCUT2D eigenvalue weighted by atomic mass is 16.5. The molecular weight excluding hydrogens is 236 g/mol. The number of carbonyl (C=O) groups is 2. The second-order valence-electron chi connectivity index (χ2n) is 4.80. The van der Waals surface area contributed by atoms with Gasteiger partial charge in [0.25, 0.3) is 0 Å². The van der Waals surface area contributed by atoms with Crippen LogP contribution >= 0.6 is 0 Å². The van der Waals surface area contributed by atoms with Crippen molar-refractivity contribution in [2.75, 3.05) is 26.7 Å². The monoisotopic (exact) mass is 258 g/mol. The molecule has 0 saturated carbocycles. The van der Waals surface area contributed by atoms with Gasteiger partial charge in [-0.25, -0.2) is 0 Å². The van der Waals surface area contributed by atoms with Gasteiger partial charge in [0, 0.05) is 26.7 Å². The first-order valence-electron chi connectivity index (χ1n) is 6.23. The molecule has 0 aliphatic carbocycles. The van der Waals surface area contributed by atoms with Crippen LogP contribution < -0.4 is 5.73 Å². The van der Waals surface area contributed by atoms with Crippen molar-refractivity contribution in [3.63, 3.8) is 0 Å². The molecule has 18 heavy (non-hydrogen) atoms. The van der Waals surface area contributed by atoms with Gasteiger partial charge in [0.1, 0.15) is 0 Å². The Morgan fingerprint density at radius 1 is 1.56 bits per heavy atom. The molecule has 0 bridgehead atoms. The number of aliphatic carboxylic acids is 1. The molecule has 6 nitrogen and oxygen atoms in total. The molecule has 6 heteroatoms. The summed E-state index contributed by atoms with van der Waals surface area (Å²) in [6, 6.07) is 0. The number of nitrogens with two attached hydrogens (primary N) is 1. The van der Waals surface area contributed by atoms with Gasteiger partial charge in [0.05, 0.1) is 17.9 Å². The number of hydrogen-bond acceptors (Lipinski definition) is 4. The maximum Gasteiger partial charge on any atom is 0.311 e. The van der Waals surface area contributed by atoms with Crippen molar-refractivity contribution in [2.24, 2.45) is 11.1 Å². The first-order chi connectivity index (χ1) is 8.49. The predicted molar refractivity (Wildman–Crippen MR) is 66.0 cm³/mol.